The van der Waals surface area contributed by atoms with Crippen LogP contribution in [-0.2, 0) is 0 Å². The van der Waals surface area contributed by atoms with Gasteiger partial charge in [-0.3, -0.25) is 0 Å². The highest BCUT2D eigenvalue weighted by atomic mass is 35.5. The minimum atomic E-state index is 0.478. The van der Waals surface area contributed by atoms with Crippen LogP contribution in [0.25, 0.3) is 0 Å². The lowest BCUT2D eigenvalue weighted by atomic mass is 10.0. The Bertz CT molecular complexity index is 299. The first-order chi connectivity index (χ1) is 6.77. The van der Waals surface area contributed by atoms with Crippen molar-refractivity contribution < 1.29 is 0 Å². The molecule has 0 aromatic heterocycles. The Balaban J connectivity index is 2.16. The summed E-state index contributed by atoms with van der Waals surface area (Å²) in [7, 11) is 0. The molecule has 0 saturated carbocycles. The molecule has 2 rings (SSSR count). The van der Waals surface area contributed by atoms with Gasteiger partial charge in [0.15, 0.2) is 0 Å². The third-order valence-corrected chi connectivity index (χ3v) is 4.04. The zero-order valence-corrected chi connectivity index (χ0v) is 9.74. The summed E-state index contributed by atoms with van der Waals surface area (Å²) in [5, 5.41) is 4.99. The normalized spacial score (nSPS) is 27.6. The zero-order chi connectivity index (χ0) is 9.97. The average Bonchev–Trinajstić information content (AvgIpc) is 2.20. The highest BCUT2D eigenvalue weighted by Gasteiger charge is 2.22. The second kappa shape index (κ2) is 4.56. The molecule has 2 atom stereocenters. The molecule has 1 aromatic rings. The van der Waals surface area contributed by atoms with Crippen LogP contribution in [0.1, 0.15) is 18.5 Å². The van der Waals surface area contributed by atoms with E-state index in [0.29, 0.717) is 11.3 Å². The Morgan fingerprint density at radius 1 is 1.36 bits per heavy atom. The molecule has 1 aliphatic rings. The summed E-state index contributed by atoms with van der Waals surface area (Å²) in [6.07, 6.45) is 0. The Hall–Kier alpha value is -0.180. The SMILES string of the molecule is CC1SCCNC1c1ccc(Cl)cc1. The van der Waals surface area contributed by atoms with Crippen molar-refractivity contribution >= 4 is 23.4 Å². The molecule has 76 valence electrons. The van der Waals surface area contributed by atoms with Gasteiger partial charge < -0.3 is 5.32 Å². The molecular formula is C11H14ClNS. The van der Waals surface area contributed by atoms with Gasteiger partial charge in [-0.25, -0.2) is 0 Å². The number of hydrogen-bond donors (Lipinski definition) is 1. The Morgan fingerprint density at radius 2 is 2.07 bits per heavy atom. The van der Waals surface area contributed by atoms with E-state index in [2.05, 4.69) is 24.4 Å². The van der Waals surface area contributed by atoms with E-state index in [4.69, 9.17) is 11.6 Å². The fraction of sp³-hybridized carbons (Fsp3) is 0.455. The van der Waals surface area contributed by atoms with Crippen LogP contribution in [0.3, 0.4) is 0 Å². The van der Waals surface area contributed by atoms with Crippen LogP contribution in [0.15, 0.2) is 24.3 Å². The van der Waals surface area contributed by atoms with Gasteiger partial charge in [-0.1, -0.05) is 30.7 Å². The Kier molecular flexibility index (Phi) is 3.37. The van der Waals surface area contributed by atoms with Gasteiger partial charge in [0.1, 0.15) is 0 Å². The zero-order valence-electron chi connectivity index (χ0n) is 8.16. The maximum atomic E-state index is 5.86. The first kappa shape index (κ1) is 10.3. The molecule has 0 bridgehead atoms. The lowest BCUT2D eigenvalue weighted by molar-refractivity contribution is 0.535. The van der Waals surface area contributed by atoms with Crippen LogP contribution in [0.4, 0.5) is 0 Å². The van der Waals surface area contributed by atoms with Gasteiger partial charge in [0, 0.05) is 28.6 Å². The molecule has 0 aliphatic carbocycles. The van der Waals surface area contributed by atoms with E-state index in [0.717, 1.165) is 11.6 Å². The Labute approximate surface area is 94.2 Å². The van der Waals surface area contributed by atoms with Crippen molar-refractivity contribution in [3.05, 3.63) is 34.9 Å². The van der Waals surface area contributed by atoms with E-state index in [1.807, 2.05) is 23.9 Å². The molecule has 1 aliphatic heterocycles. The molecule has 0 radical (unpaired) electrons. The first-order valence-corrected chi connectivity index (χ1v) is 6.30. The standard InChI is InChI=1S/C11H14ClNS/c1-8-11(13-6-7-14-8)9-2-4-10(12)5-3-9/h2-5,8,11,13H,6-7H2,1H3. The number of hydrogen-bond acceptors (Lipinski definition) is 2. The summed E-state index contributed by atoms with van der Waals surface area (Å²) in [4.78, 5) is 0. The van der Waals surface area contributed by atoms with Crippen LogP contribution in [0, 0.1) is 0 Å². The summed E-state index contributed by atoms with van der Waals surface area (Å²) in [5.41, 5.74) is 1.34. The van der Waals surface area contributed by atoms with Crippen LogP contribution in [-0.4, -0.2) is 17.5 Å². The molecule has 1 N–H and O–H groups in total. The second-order valence-electron chi connectivity index (χ2n) is 3.56. The highest BCUT2D eigenvalue weighted by Crippen LogP contribution is 2.29. The maximum Gasteiger partial charge on any atom is 0.0438 e. The third-order valence-electron chi connectivity index (χ3n) is 2.55. The topological polar surface area (TPSA) is 12.0 Å². The summed E-state index contributed by atoms with van der Waals surface area (Å²) >= 11 is 7.89. The molecule has 14 heavy (non-hydrogen) atoms. The summed E-state index contributed by atoms with van der Waals surface area (Å²) < 4.78 is 0. The molecule has 1 aromatic carbocycles. The van der Waals surface area contributed by atoms with Crippen LogP contribution < -0.4 is 5.32 Å². The van der Waals surface area contributed by atoms with Crippen LogP contribution in [0.5, 0.6) is 0 Å². The van der Waals surface area contributed by atoms with E-state index in [9.17, 15) is 0 Å². The lowest BCUT2D eigenvalue weighted by Gasteiger charge is -2.30. The number of halogens is 1. The molecule has 2 unspecified atom stereocenters. The lowest BCUT2D eigenvalue weighted by Crippen LogP contribution is -2.35. The van der Waals surface area contributed by atoms with E-state index in [1.165, 1.54) is 11.3 Å². The molecule has 1 fully saturated rings. The van der Waals surface area contributed by atoms with Crippen molar-refractivity contribution in [1.29, 1.82) is 0 Å². The minimum Gasteiger partial charge on any atom is -0.308 e. The third kappa shape index (κ3) is 2.25. The van der Waals surface area contributed by atoms with Gasteiger partial charge in [0.2, 0.25) is 0 Å². The van der Waals surface area contributed by atoms with Crippen molar-refractivity contribution in [2.24, 2.45) is 0 Å². The fourth-order valence-corrected chi connectivity index (χ4v) is 2.96. The van der Waals surface area contributed by atoms with Gasteiger partial charge in [-0.2, -0.15) is 11.8 Å². The number of benzene rings is 1. The molecule has 3 heteroatoms. The number of rotatable bonds is 1. The van der Waals surface area contributed by atoms with E-state index < -0.39 is 0 Å². The summed E-state index contributed by atoms with van der Waals surface area (Å²) in [6, 6.07) is 8.63. The molecule has 0 amide bonds. The van der Waals surface area contributed by atoms with Crippen LogP contribution >= 0.6 is 23.4 Å². The van der Waals surface area contributed by atoms with Crippen LogP contribution in [0.2, 0.25) is 5.02 Å². The number of thioether (sulfide) groups is 1. The predicted octanol–water partition coefficient (Wildman–Crippen LogP) is 3.11. The predicted molar refractivity (Wildman–Crippen MR) is 64.1 cm³/mol. The number of nitrogens with one attached hydrogen (secondary N) is 1. The largest absolute Gasteiger partial charge is 0.308 e. The van der Waals surface area contributed by atoms with Crippen molar-refractivity contribution in [1.82, 2.24) is 5.32 Å². The van der Waals surface area contributed by atoms with Crippen molar-refractivity contribution in [3.63, 3.8) is 0 Å². The van der Waals surface area contributed by atoms with E-state index in [-0.39, 0.29) is 0 Å². The molecule has 1 nitrogen and oxygen atoms in total. The monoisotopic (exact) mass is 227 g/mol. The van der Waals surface area contributed by atoms with Gasteiger partial charge >= 0.3 is 0 Å². The molecule has 1 saturated heterocycles. The van der Waals surface area contributed by atoms with Gasteiger partial charge in [-0.05, 0) is 17.7 Å². The Morgan fingerprint density at radius 3 is 2.71 bits per heavy atom. The first-order valence-electron chi connectivity index (χ1n) is 4.88. The maximum absolute atomic E-state index is 5.86. The average molecular weight is 228 g/mol. The van der Waals surface area contributed by atoms with E-state index in [1.54, 1.807) is 0 Å². The second-order valence-corrected chi connectivity index (χ2v) is 5.48. The van der Waals surface area contributed by atoms with E-state index >= 15 is 0 Å². The molecular weight excluding hydrogens is 214 g/mol. The fourth-order valence-electron chi connectivity index (χ4n) is 1.78. The quantitative estimate of drug-likeness (QED) is 0.792. The highest BCUT2D eigenvalue weighted by molar-refractivity contribution is 8.00. The van der Waals surface area contributed by atoms with Gasteiger partial charge in [0.05, 0.1) is 0 Å². The van der Waals surface area contributed by atoms with Crippen molar-refractivity contribution in [2.75, 3.05) is 12.3 Å². The van der Waals surface area contributed by atoms with Gasteiger partial charge in [0.25, 0.3) is 0 Å². The smallest absolute Gasteiger partial charge is 0.0438 e. The summed E-state index contributed by atoms with van der Waals surface area (Å²) in [5.74, 6) is 1.21. The summed E-state index contributed by atoms with van der Waals surface area (Å²) in [6.45, 7) is 3.37. The molecule has 1 heterocycles. The van der Waals surface area contributed by atoms with Crippen molar-refractivity contribution in [2.45, 2.75) is 18.2 Å². The van der Waals surface area contributed by atoms with Crippen molar-refractivity contribution in [3.8, 4) is 0 Å². The van der Waals surface area contributed by atoms with Gasteiger partial charge in [-0.15, -0.1) is 0 Å². The minimum absolute atomic E-state index is 0.478. The molecule has 0 spiro atoms.